The molecule has 0 saturated carbocycles. The van der Waals surface area contributed by atoms with E-state index in [0.717, 1.165) is 77.3 Å². The molecule has 3 aliphatic heterocycles. The minimum absolute atomic E-state index is 0. The van der Waals surface area contributed by atoms with Gasteiger partial charge in [-0.3, -0.25) is 9.69 Å². The van der Waals surface area contributed by atoms with Crippen LogP contribution in [0, 0.1) is 30.6 Å². The second-order valence-electron chi connectivity index (χ2n) is 15.8. The number of piperidine rings is 2. The number of aryl methyl sites for hydroxylation is 1. The maximum atomic E-state index is 15.0. The van der Waals surface area contributed by atoms with Crippen molar-refractivity contribution < 1.29 is 23.1 Å². The van der Waals surface area contributed by atoms with Crippen molar-refractivity contribution in [3.8, 4) is 11.8 Å². The first kappa shape index (κ1) is 40.3. The summed E-state index contributed by atoms with van der Waals surface area (Å²) in [6.45, 7) is 13.6. The van der Waals surface area contributed by atoms with Crippen molar-refractivity contribution in [3.63, 3.8) is 0 Å². The van der Waals surface area contributed by atoms with Crippen LogP contribution in [0.4, 0.5) is 19.3 Å². The average molecular weight is 750 g/mol. The normalized spacial score (nSPS) is 20.2. The van der Waals surface area contributed by atoms with E-state index in [1.54, 1.807) is 39.0 Å². The monoisotopic (exact) mass is 749 g/mol. The van der Waals surface area contributed by atoms with E-state index in [-0.39, 0.29) is 30.9 Å². The molecule has 286 valence electrons. The van der Waals surface area contributed by atoms with Gasteiger partial charge in [-0.2, -0.15) is 0 Å². The highest BCUT2D eigenvalue weighted by Gasteiger charge is 2.50. The van der Waals surface area contributed by atoms with Crippen LogP contribution in [0.25, 0.3) is 10.8 Å². The Bertz CT molecular complexity index is 1820. The number of fused-ring (bicyclic) bond motifs is 1. The van der Waals surface area contributed by atoms with E-state index in [4.69, 9.17) is 4.74 Å². The van der Waals surface area contributed by atoms with Crippen LogP contribution < -0.4 is 16.0 Å². The van der Waals surface area contributed by atoms with Gasteiger partial charge in [-0.05, 0) is 132 Å². The van der Waals surface area contributed by atoms with Gasteiger partial charge < -0.3 is 25.6 Å². The van der Waals surface area contributed by atoms with Gasteiger partial charge in [0.15, 0.2) is 0 Å². The molecule has 3 N–H and O–H groups in total. The van der Waals surface area contributed by atoms with E-state index in [9.17, 15) is 9.59 Å². The van der Waals surface area contributed by atoms with Gasteiger partial charge in [0.1, 0.15) is 11.6 Å². The molecule has 2 atom stereocenters. The standard InChI is InChI=1S/C42H53F2N5O3.ClH/c1-28-10-14-33(47-38-26-49(27-42(38,43)44)40(51)52-41(3,4)5)24-37(28)39(50)46-29(2)34-15-13-32(35-8-6-7-9-36(34)35)12-11-30-18-22-48(23-19-30)25-31-16-20-45-21-17-31;/h6-10,13-15,24,29-31,38,45,47H,16-23,25-27H2,1-5H3,(H,46,50);1H/t29-,38-;/m1./s1. The van der Waals surface area contributed by atoms with E-state index in [1.807, 2.05) is 32.0 Å². The summed E-state index contributed by atoms with van der Waals surface area (Å²) in [5.74, 6) is 4.79. The third kappa shape index (κ3) is 10.2. The highest BCUT2D eigenvalue weighted by atomic mass is 35.5. The zero-order valence-corrected chi connectivity index (χ0v) is 32.4. The fraction of sp³-hybridized carbons (Fsp3) is 0.524. The fourth-order valence-electron chi connectivity index (χ4n) is 7.59. The zero-order chi connectivity index (χ0) is 37.0. The SMILES string of the molecule is Cc1ccc(N[C@@H]2CN(C(=O)OC(C)(C)C)CC2(F)F)cc1C(=O)N[C@H](C)c1ccc(C#CC2CCN(CC3CCNCC3)CC2)c2ccccc12.Cl. The van der Waals surface area contributed by atoms with Gasteiger partial charge in [-0.25, -0.2) is 13.6 Å². The van der Waals surface area contributed by atoms with Crippen LogP contribution in [0.5, 0.6) is 0 Å². The number of carbonyl (C=O) groups excluding carboxylic acids is 2. The minimum Gasteiger partial charge on any atom is -0.444 e. The molecule has 2 amide bonds. The van der Waals surface area contributed by atoms with Crippen molar-refractivity contribution in [1.82, 2.24) is 20.4 Å². The molecule has 0 radical (unpaired) electrons. The van der Waals surface area contributed by atoms with Gasteiger partial charge in [-0.1, -0.05) is 48.2 Å². The number of benzene rings is 3. The lowest BCUT2D eigenvalue weighted by atomic mass is 9.92. The molecule has 3 heterocycles. The Balaban J connectivity index is 0.00000541. The summed E-state index contributed by atoms with van der Waals surface area (Å²) < 4.78 is 35.3. The van der Waals surface area contributed by atoms with Crippen molar-refractivity contribution in [3.05, 3.63) is 76.9 Å². The molecule has 11 heteroatoms. The number of nitrogens with one attached hydrogen (secondary N) is 3. The van der Waals surface area contributed by atoms with Crippen LogP contribution in [-0.2, 0) is 4.74 Å². The van der Waals surface area contributed by atoms with E-state index in [2.05, 4.69) is 50.9 Å². The molecule has 8 nitrogen and oxygen atoms in total. The average Bonchev–Trinajstić information content (AvgIpc) is 3.41. The molecule has 53 heavy (non-hydrogen) atoms. The van der Waals surface area contributed by atoms with Crippen molar-refractivity contribution in [2.75, 3.05) is 51.1 Å². The summed E-state index contributed by atoms with van der Waals surface area (Å²) in [4.78, 5) is 29.8. The summed E-state index contributed by atoms with van der Waals surface area (Å²) in [5.41, 5.74) is 2.65. The van der Waals surface area contributed by atoms with E-state index in [0.29, 0.717) is 17.2 Å². The highest BCUT2D eigenvalue weighted by molar-refractivity contribution is 5.97. The van der Waals surface area contributed by atoms with Gasteiger partial charge in [-0.15, -0.1) is 12.4 Å². The first-order valence-corrected chi connectivity index (χ1v) is 18.8. The number of nitrogens with zero attached hydrogens (tertiary/aromatic N) is 2. The van der Waals surface area contributed by atoms with Crippen LogP contribution >= 0.6 is 12.4 Å². The molecule has 0 aliphatic carbocycles. The lowest BCUT2D eigenvalue weighted by Crippen LogP contribution is -2.40. The van der Waals surface area contributed by atoms with E-state index in [1.165, 1.54) is 19.4 Å². The zero-order valence-electron chi connectivity index (χ0n) is 31.6. The van der Waals surface area contributed by atoms with Gasteiger partial charge in [0.05, 0.1) is 19.1 Å². The van der Waals surface area contributed by atoms with Crippen molar-refractivity contribution >= 4 is 40.9 Å². The second kappa shape index (κ2) is 17.0. The predicted octanol–water partition coefficient (Wildman–Crippen LogP) is 7.79. The Morgan fingerprint density at radius 2 is 1.72 bits per heavy atom. The first-order valence-electron chi connectivity index (χ1n) is 18.8. The molecule has 3 aliphatic rings. The summed E-state index contributed by atoms with van der Waals surface area (Å²) in [6.07, 6.45) is 3.97. The molecule has 3 fully saturated rings. The van der Waals surface area contributed by atoms with Crippen molar-refractivity contribution in [2.24, 2.45) is 11.8 Å². The molecule has 3 saturated heterocycles. The summed E-state index contributed by atoms with van der Waals surface area (Å²) >= 11 is 0. The maximum absolute atomic E-state index is 15.0. The van der Waals surface area contributed by atoms with Gasteiger partial charge in [0.2, 0.25) is 0 Å². The molecular weight excluding hydrogens is 696 g/mol. The largest absolute Gasteiger partial charge is 0.444 e. The van der Waals surface area contributed by atoms with Crippen LogP contribution in [0.3, 0.4) is 0 Å². The number of likely N-dealkylation sites (tertiary alicyclic amines) is 2. The van der Waals surface area contributed by atoms with Gasteiger partial charge in [0, 0.05) is 29.3 Å². The van der Waals surface area contributed by atoms with Crippen molar-refractivity contribution in [1.29, 1.82) is 0 Å². The van der Waals surface area contributed by atoms with Crippen LogP contribution in [0.15, 0.2) is 54.6 Å². The van der Waals surface area contributed by atoms with Crippen LogP contribution in [0.1, 0.15) is 86.5 Å². The smallest absolute Gasteiger partial charge is 0.410 e. The Morgan fingerprint density at radius 1 is 1.02 bits per heavy atom. The Hall–Kier alpha value is -3.91. The highest BCUT2D eigenvalue weighted by Crippen LogP contribution is 2.32. The third-order valence-electron chi connectivity index (χ3n) is 10.5. The Kier molecular flexibility index (Phi) is 13.0. The molecule has 0 spiro atoms. The van der Waals surface area contributed by atoms with Crippen molar-refractivity contribution in [2.45, 2.75) is 83.9 Å². The number of rotatable bonds is 7. The molecule has 0 bridgehead atoms. The molecular formula is C42H54ClF2N5O3. The van der Waals surface area contributed by atoms with E-state index < -0.39 is 30.2 Å². The number of hydrogen-bond acceptors (Lipinski definition) is 6. The fourth-order valence-corrected chi connectivity index (χ4v) is 7.59. The number of alkyl halides is 2. The third-order valence-corrected chi connectivity index (χ3v) is 10.5. The van der Waals surface area contributed by atoms with Crippen LogP contribution in [-0.4, -0.2) is 85.2 Å². The number of anilines is 1. The minimum atomic E-state index is -3.18. The summed E-state index contributed by atoms with van der Waals surface area (Å²) in [6, 6.07) is 15.6. The summed E-state index contributed by atoms with van der Waals surface area (Å²) in [5, 5.41) is 11.6. The Labute approximate surface area is 319 Å². The molecule has 6 rings (SSSR count). The topological polar surface area (TPSA) is 85.9 Å². The molecule has 3 aromatic rings. The molecule has 0 aromatic heterocycles. The predicted molar refractivity (Wildman–Crippen MR) is 210 cm³/mol. The number of amides is 2. The maximum Gasteiger partial charge on any atom is 0.410 e. The van der Waals surface area contributed by atoms with Gasteiger partial charge in [0.25, 0.3) is 11.8 Å². The molecule has 0 unspecified atom stereocenters. The Morgan fingerprint density at radius 3 is 2.42 bits per heavy atom. The lowest BCUT2D eigenvalue weighted by molar-refractivity contribution is -0.00635. The van der Waals surface area contributed by atoms with E-state index >= 15 is 8.78 Å². The lowest BCUT2D eigenvalue weighted by Gasteiger charge is -2.34. The number of halogens is 3. The first-order chi connectivity index (χ1) is 24.8. The summed E-state index contributed by atoms with van der Waals surface area (Å²) in [7, 11) is 0. The molecule has 3 aromatic carbocycles. The number of ether oxygens (including phenoxy) is 1. The van der Waals surface area contributed by atoms with Gasteiger partial charge >= 0.3 is 6.09 Å². The quantitative estimate of drug-likeness (QED) is 0.214. The number of hydrogen-bond donors (Lipinski definition) is 3. The number of carbonyl (C=O) groups is 2. The van der Waals surface area contributed by atoms with Crippen LogP contribution in [0.2, 0.25) is 0 Å². The second-order valence-corrected chi connectivity index (χ2v) is 15.8.